The smallest absolute Gasteiger partial charge is 0.277 e. The molecule has 8 nitrogen and oxygen atoms in total. The first-order chi connectivity index (χ1) is 14.2. The maximum atomic E-state index is 14.1. The topological polar surface area (TPSA) is 78.6 Å². The Morgan fingerprint density at radius 3 is 2.48 bits per heavy atom. The van der Waals surface area contributed by atoms with E-state index < -0.39 is 0 Å². The van der Waals surface area contributed by atoms with Crippen LogP contribution in [0.5, 0.6) is 0 Å². The van der Waals surface area contributed by atoms with Gasteiger partial charge in [-0.1, -0.05) is 17.3 Å². The summed E-state index contributed by atoms with van der Waals surface area (Å²) in [7, 11) is 0. The van der Waals surface area contributed by atoms with Crippen molar-refractivity contribution < 1.29 is 13.7 Å². The van der Waals surface area contributed by atoms with Crippen LogP contribution in [0.4, 0.5) is 15.9 Å². The number of benzene rings is 1. The van der Waals surface area contributed by atoms with Crippen LogP contribution in [-0.2, 0) is 0 Å². The third-order valence-corrected chi connectivity index (χ3v) is 5.62. The highest BCUT2D eigenvalue weighted by Crippen LogP contribution is 2.30. The summed E-state index contributed by atoms with van der Waals surface area (Å²) < 4.78 is 19.4. The summed E-state index contributed by atoms with van der Waals surface area (Å²) >= 11 is 0. The van der Waals surface area contributed by atoms with Gasteiger partial charge in [0.05, 0.1) is 5.69 Å². The number of carbonyl (C=O) groups is 1. The summed E-state index contributed by atoms with van der Waals surface area (Å²) in [4.78, 5) is 27.6. The standard InChI is InChI=1S/C20H21FN6O2/c21-14-5-1-2-6-15(14)25-9-11-27(12-10-25)20(28)17-16-18(26-7-3-4-8-26)22-13-23-19(16)29-24-17/h1-2,5-6,13H,3-4,7-12H2. The molecule has 0 bridgehead atoms. The molecule has 0 N–H and O–H groups in total. The summed E-state index contributed by atoms with van der Waals surface area (Å²) in [6.07, 6.45) is 3.64. The lowest BCUT2D eigenvalue weighted by molar-refractivity contribution is 0.0738. The van der Waals surface area contributed by atoms with Gasteiger partial charge in [0.2, 0.25) is 0 Å². The first-order valence-corrected chi connectivity index (χ1v) is 9.86. The van der Waals surface area contributed by atoms with Crippen LogP contribution in [0.1, 0.15) is 23.3 Å². The van der Waals surface area contributed by atoms with Crippen molar-refractivity contribution in [2.75, 3.05) is 49.1 Å². The molecule has 150 valence electrons. The fourth-order valence-corrected chi connectivity index (χ4v) is 4.09. The van der Waals surface area contributed by atoms with E-state index in [1.54, 1.807) is 17.0 Å². The molecule has 0 spiro atoms. The Morgan fingerprint density at radius 1 is 0.966 bits per heavy atom. The van der Waals surface area contributed by atoms with Crippen molar-refractivity contribution >= 4 is 28.5 Å². The average Bonchev–Trinajstić information content (AvgIpc) is 3.44. The molecule has 4 heterocycles. The second kappa shape index (κ2) is 7.31. The van der Waals surface area contributed by atoms with Gasteiger partial charge in [0.1, 0.15) is 23.3 Å². The Labute approximate surface area is 166 Å². The second-order valence-corrected chi connectivity index (χ2v) is 7.33. The molecular weight excluding hydrogens is 375 g/mol. The van der Waals surface area contributed by atoms with Crippen molar-refractivity contribution in [1.82, 2.24) is 20.0 Å². The molecular formula is C20H21FN6O2. The number of piperazine rings is 1. The van der Waals surface area contributed by atoms with E-state index >= 15 is 0 Å². The van der Waals surface area contributed by atoms with Crippen LogP contribution in [0.2, 0.25) is 0 Å². The number of anilines is 2. The quantitative estimate of drug-likeness (QED) is 0.672. The van der Waals surface area contributed by atoms with Gasteiger partial charge in [-0.2, -0.15) is 4.98 Å². The molecule has 2 aromatic heterocycles. The Morgan fingerprint density at radius 2 is 1.72 bits per heavy atom. The first-order valence-electron chi connectivity index (χ1n) is 9.86. The number of rotatable bonds is 3. The highest BCUT2D eigenvalue weighted by Gasteiger charge is 2.30. The van der Waals surface area contributed by atoms with E-state index in [0.717, 1.165) is 25.9 Å². The molecule has 0 unspecified atom stereocenters. The zero-order valence-electron chi connectivity index (χ0n) is 15.9. The minimum absolute atomic E-state index is 0.202. The molecule has 0 aliphatic carbocycles. The molecule has 2 saturated heterocycles. The summed E-state index contributed by atoms with van der Waals surface area (Å²) in [5, 5.41) is 4.60. The molecule has 2 aliphatic heterocycles. The van der Waals surface area contributed by atoms with E-state index in [0.29, 0.717) is 48.8 Å². The van der Waals surface area contributed by atoms with E-state index in [1.807, 2.05) is 11.0 Å². The number of aromatic nitrogens is 3. The highest BCUT2D eigenvalue weighted by molar-refractivity contribution is 6.07. The predicted octanol–water partition coefficient (Wildman–Crippen LogP) is 2.32. The van der Waals surface area contributed by atoms with Crippen LogP contribution in [0.3, 0.4) is 0 Å². The maximum absolute atomic E-state index is 14.1. The summed E-state index contributed by atoms with van der Waals surface area (Å²) in [6.45, 7) is 3.86. The Hall–Kier alpha value is -3.23. The number of hydrogen-bond donors (Lipinski definition) is 0. The van der Waals surface area contributed by atoms with Crippen LogP contribution in [-0.4, -0.2) is 65.2 Å². The molecule has 1 aromatic carbocycles. The molecule has 1 amide bonds. The summed E-state index contributed by atoms with van der Waals surface area (Å²) in [6, 6.07) is 6.71. The molecule has 29 heavy (non-hydrogen) atoms. The van der Waals surface area contributed by atoms with Crippen molar-refractivity contribution in [3.8, 4) is 0 Å². The number of carbonyl (C=O) groups excluding carboxylic acids is 1. The Balaban J connectivity index is 1.38. The first kappa shape index (κ1) is 17.8. The zero-order chi connectivity index (χ0) is 19.8. The Kier molecular flexibility index (Phi) is 4.49. The number of halogens is 1. The third kappa shape index (κ3) is 3.16. The van der Waals surface area contributed by atoms with Crippen LogP contribution >= 0.6 is 0 Å². The van der Waals surface area contributed by atoms with Gasteiger partial charge in [0, 0.05) is 39.3 Å². The van der Waals surface area contributed by atoms with E-state index in [2.05, 4.69) is 20.0 Å². The van der Waals surface area contributed by atoms with Crippen LogP contribution < -0.4 is 9.80 Å². The van der Waals surface area contributed by atoms with Gasteiger partial charge in [-0.15, -0.1) is 0 Å². The molecule has 0 atom stereocenters. The van der Waals surface area contributed by atoms with Gasteiger partial charge in [0.25, 0.3) is 11.6 Å². The summed E-state index contributed by atoms with van der Waals surface area (Å²) in [5.41, 5.74) is 1.15. The van der Waals surface area contributed by atoms with Gasteiger partial charge < -0.3 is 19.2 Å². The summed E-state index contributed by atoms with van der Waals surface area (Å²) in [5.74, 6) is 0.261. The van der Waals surface area contributed by atoms with Crippen molar-refractivity contribution in [3.05, 3.63) is 42.1 Å². The number of para-hydroxylation sites is 1. The highest BCUT2D eigenvalue weighted by atomic mass is 19.1. The number of amides is 1. The molecule has 0 radical (unpaired) electrons. The van der Waals surface area contributed by atoms with Gasteiger partial charge in [-0.25, -0.2) is 9.37 Å². The predicted molar refractivity (Wildman–Crippen MR) is 106 cm³/mol. The van der Waals surface area contributed by atoms with E-state index in [-0.39, 0.29) is 17.4 Å². The van der Waals surface area contributed by atoms with Gasteiger partial charge in [-0.05, 0) is 25.0 Å². The molecule has 3 aromatic rings. The third-order valence-electron chi connectivity index (χ3n) is 5.62. The largest absolute Gasteiger partial charge is 0.366 e. The number of hydrogen-bond acceptors (Lipinski definition) is 7. The molecule has 0 saturated carbocycles. The van der Waals surface area contributed by atoms with Gasteiger partial charge >= 0.3 is 0 Å². The Bertz CT molecular complexity index is 1040. The van der Waals surface area contributed by atoms with Crippen molar-refractivity contribution in [3.63, 3.8) is 0 Å². The van der Waals surface area contributed by atoms with Crippen molar-refractivity contribution in [2.24, 2.45) is 0 Å². The number of fused-ring (bicyclic) bond motifs is 1. The minimum Gasteiger partial charge on any atom is -0.366 e. The molecule has 9 heteroatoms. The van der Waals surface area contributed by atoms with Crippen molar-refractivity contribution in [1.29, 1.82) is 0 Å². The lowest BCUT2D eigenvalue weighted by atomic mass is 10.2. The fraction of sp³-hybridized carbons (Fsp3) is 0.400. The van der Waals surface area contributed by atoms with Crippen molar-refractivity contribution in [2.45, 2.75) is 12.8 Å². The van der Waals surface area contributed by atoms with Crippen LogP contribution in [0, 0.1) is 5.82 Å². The number of nitrogens with zero attached hydrogens (tertiary/aromatic N) is 6. The molecule has 5 rings (SSSR count). The maximum Gasteiger partial charge on any atom is 0.277 e. The molecule has 2 aliphatic rings. The minimum atomic E-state index is -0.248. The molecule has 2 fully saturated rings. The lowest BCUT2D eigenvalue weighted by Crippen LogP contribution is -2.49. The lowest BCUT2D eigenvalue weighted by Gasteiger charge is -2.35. The average molecular weight is 396 g/mol. The monoisotopic (exact) mass is 396 g/mol. The van der Waals surface area contributed by atoms with E-state index in [9.17, 15) is 9.18 Å². The van der Waals surface area contributed by atoms with E-state index in [1.165, 1.54) is 12.4 Å². The zero-order valence-corrected chi connectivity index (χ0v) is 15.9. The SMILES string of the molecule is O=C(c1noc2ncnc(N3CCCC3)c12)N1CCN(c2ccccc2F)CC1. The normalized spacial score (nSPS) is 17.3. The van der Waals surface area contributed by atoms with Gasteiger partial charge in [-0.3, -0.25) is 4.79 Å². The van der Waals surface area contributed by atoms with Crippen LogP contribution in [0.15, 0.2) is 35.1 Å². The fourth-order valence-electron chi connectivity index (χ4n) is 4.09. The van der Waals surface area contributed by atoms with E-state index in [4.69, 9.17) is 4.52 Å². The van der Waals surface area contributed by atoms with Gasteiger partial charge in [0.15, 0.2) is 5.69 Å². The second-order valence-electron chi connectivity index (χ2n) is 7.33. The van der Waals surface area contributed by atoms with Crippen LogP contribution in [0.25, 0.3) is 11.1 Å².